The first-order valence-corrected chi connectivity index (χ1v) is 11.1. The van der Waals surface area contributed by atoms with Crippen molar-refractivity contribution >= 4 is 34.5 Å². The van der Waals surface area contributed by atoms with Crippen LogP contribution in [-0.4, -0.2) is 34.7 Å². The molecule has 0 saturated heterocycles. The van der Waals surface area contributed by atoms with Crippen molar-refractivity contribution in [3.63, 3.8) is 0 Å². The second-order valence-electron chi connectivity index (χ2n) is 6.52. The Hall–Kier alpha value is -2.44. The number of hydrogen-bond donors (Lipinski definition) is 0. The topological polar surface area (TPSA) is 40.6 Å². The zero-order valence-electron chi connectivity index (χ0n) is 15.9. The normalized spacial score (nSPS) is 10.6. The molecule has 0 aliphatic carbocycles. The summed E-state index contributed by atoms with van der Waals surface area (Å²) in [6, 6.07) is 17.7. The van der Waals surface area contributed by atoms with Gasteiger partial charge in [-0.05, 0) is 34.9 Å². The Morgan fingerprint density at radius 2 is 1.61 bits per heavy atom. The van der Waals surface area contributed by atoms with Crippen LogP contribution in [0.2, 0.25) is 0 Å². The molecule has 28 heavy (non-hydrogen) atoms. The number of benzene rings is 1. The maximum absolute atomic E-state index is 13.2. The maximum atomic E-state index is 13.2. The molecule has 0 saturated carbocycles. The van der Waals surface area contributed by atoms with Crippen molar-refractivity contribution in [1.29, 1.82) is 0 Å². The molecule has 0 atom stereocenters. The molecule has 2 heterocycles. The molecule has 0 fully saturated rings. The summed E-state index contributed by atoms with van der Waals surface area (Å²) in [5, 5.41) is 3.90. The summed E-state index contributed by atoms with van der Waals surface area (Å²) in [7, 11) is 0. The number of rotatable bonds is 9. The van der Waals surface area contributed by atoms with Crippen LogP contribution in [0.15, 0.2) is 65.4 Å². The van der Waals surface area contributed by atoms with E-state index in [0.29, 0.717) is 24.5 Å². The molecular formula is C22H24N2O2S2. The van der Waals surface area contributed by atoms with Crippen LogP contribution in [0, 0.1) is 0 Å². The van der Waals surface area contributed by atoms with Gasteiger partial charge in [0.2, 0.25) is 5.91 Å². The summed E-state index contributed by atoms with van der Waals surface area (Å²) in [6.45, 7) is 3.78. The number of nitrogens with zero attached hydrogens (tertiary/aromatic N) is 2. The Morgan fingerprint density at radius 1 is 0.857 bits per heavy atom. The zero-order chi connectivity index (χ0) is 19.8. The zero-order valence-corrected chi connectivity index (χ0v) is 17.5. The summed E-state index contributed by atoms with van der Waals surface area (Å²) in [5.74, 6) is -0.100. The molecule has 146 valence electrons. The predicted octanol–water partition coefficient (Wildman–Crippen LogP) is 4.89. The first-order valence-electron chi connectivity index (χ1n) is 9.34. The van der Waals surface area contributed by atoms with E-state index in [0.717, 1.165) is 16.9 Å². The summed E-state index contributed by atoms with van der Waals surface area (Å²) < 4.78 is 0. The lowest BCUT2D eigenvalue weighted by Gasteiger charge is -2.27. The minimum atomic E-state index is -0.0685. The molecule has 2 aromatic heterocycles. The molecule has 0 N–H and O–H groups in total. The Labute approximate surface area is 174 Å². The number of amides is 2. The fourth-order valence-corrected chi connectivity index (χ4v) is 4.38. The molecule has 4 nitrogen and oxygen atoms in total. The second-order valence-corrected chi connectivity index (χ2v) is 8.50. The summed E-state index contributed by atoms with van der Waals surface area (Å²) in [6.07, 6.45) is 0.813. The Bertz CT molecular complexity index is 861. The van der Waals surface area contributed by atoms with Gasteiger partial charge in [0, 0.05) is 18.0 Å². The highest BCUT2D eigenvalue weighted by Crippen LogP contribution is 2.17. The van der Waals surface area contributed by atoms with Crippen LogP contribution in [0.5, 0.6) is 0 Å². The monoisotopic (exact) mass is 412 g/mol. The van der Waals surface area contributed by atoms with E-state index in [1.54, 1.807) is 16.2 Å². The third-order valence-corrected chi connectivity index (χ3v) is 6.05. The van der Waals surface area contributed by atoms with Crippen LogP contribution < -0.4 is 0 Å². The Balaban J connectivity index is 1.75. The number of carbonyl (C=O) groups is 2. The van der Waals surface area contributed by atoms with Gasteiger partial charge in [-0.15, -0.1) is 22.7 Å². The molecule has 0 spiro atoms. The van der Waals surface area contributed by atoms with Gasteiger partial charge in [-0.25, -0.2) is 0 Å². The highest BCUT2D eigenvalue weighted by atomic mass is 32.1. The molecule has 3 rings (SSSR count). The molecule has 0 radical (unpaired) electrons. The second kappa shape index (κ2) is 10.2. The third-order valence-electron chi connectivity index (χ3n) is 4.33. The van der Waals surface area contributed by atoms with Crippen LogP contribution in [0.1, 0.15) is 33.5 Å². The van der Waals surface area contributed by atoms with Crippen LogP contribution in [0.3, 0.4) is 0 Å². The fourth-order valence-electron chi connectivity index (χ4n) is 2.97. The molecular weight excluding hydrogens is 388 g/mol. The van der Waals surface area contributed by atoms with Crippen LogP contribution in [0.4, 0.5) is 0 Å². The minimum absolute atomic E-state index is 0.0318. The van der Waals surface area contributed by atoms with Crippen molar-refractivity contribution < 1.29 is 9.59 Å². The molecule has 0 unspecified atom stereocenters. The fraction of sp³-hybridized carbons (Fsp3) is 0.273. The smallest absolute Gasteiger partial charge is 0.264 e. The molecule has 0 aliphatic rings. The van der Waals surface area contributed by atoms with Gasteiger partial charge in [-0.2, -0.15) is 0 Å². The van der Waals surface area contributed by atoms with Crippen molar-refractivity contribution in [2.24, 2.45) is 0 Å². The van der Waals surface area contributed by atoms with Crippen LogP contribution in [0.25, 0.3) is 0 Å². The predicted molar refractivity (Wildman–Crippen MR) is 116 cm³/mol. The highest BCUT2D eigenvalue weighted by Gasteiger charge is 2.23. The van der Waals surface area contributed by atoms with E-state index in [-0.39, 0.29) is 18.4 Å². The standard InChI is InChI=1S/C22H24N2O2S2/c1-2-12-23(22(26)20-11-7-14-28-20)17-21(25)24(16-19-10-6-13-27-19)15-18-8-4-3-5-9-18/h3-11,13-14H,2,12,15-17H2,1H3. The highest BCUT2D eigenvalue weighted by molar-refractivity contribution is 7.12. The van der Waals surface area contributed by atoms with E-state index < -0.39 is 0 Å². The van der Waals surface area contributed by atoms with Crippen molar-refractivity contribution in [1.82, 2.24) is 9.80 Å². The first kappa shape index (κ1) is 20.3. The Kier molecular flexibility index (Phi) is 7.39. The van der Waals surface area contributed by atoms with Crippen molar-refractivity contribution in [2.45, 2.75) is 26.4 Å². The largest absolute Gasteiger partial charge is 0.332 e. The van der Waals surface area contributed by atoms with E-state index in [4.69, 9.17) is 0 Å². The van der Waals surface area contributed by atoms with E-state index >= 15 is 0 Å². The van der Waals surface area contributed by atoms with Crippen molar-refractivity contribution in [3.05, 3.63) is 80.7 Å². The lowest BCUT2D eigenvalue weighted by molar-refractivity contribution is -0.133. The Morgan fingerprint density at radius 3 is 2.25 bits per heavy atom. The number of hydrogen-bond acceptors (Lipinski definition) is 4. The summed E-state index contributed by atoms with van der Waals surface area (Å²) >= 11 is 3.05. The number of thiophene rings is 2. The molecule has 1 aromatic carbocycles. The van der Waals surface area contributed by atoms with Gasteiger partial charge in [-0.1, -0.05) is 49.4 Å². The van der Waals surface area contributed by atoms with Crippen LogP contribution >= 0.6 is 22.7 Å². The summed E-state index contributed by atoms with van der Waals surface area (Å²) in [5.41, 5.74) is 1.08. The van der Waals surface area contributed by atoms with Gasteiger partial charge in [0.05, 0.1) is 11.4 Å². The van der Waals surface area contributed by atoms with E-state index in [1.165, 1.54) is 11.3 Å². The van der Waals surface area contributed by atoms with Gasteiger partial charge in [-0.3, -0.25) is 9.59 Å². The maximum Gasteiger partial charge on any atom is 0.264 e. The average Bonchev–Trinajstić information content (AvgIpc) is 3.41. The van der Waals surface area contributed by atoms with E-state index in [2.05, 4.69) is 0 Å². The molecule has 3 aromatic rings. The lowest BCUT2D eigenvalue weighted by atomic mass is 10.2. The third kappa shape index (κ3) is 5.53. The minimum Gasteiger partial charge on any atom is -0.332 e. The van der Waals surface area contributed by atoms with Gasteiger partial charge in [0.15, 0.2) is 0 Å². The molecule has 6 heteroatoms. The van der Waals surface area contributed by atoms with Crippen LogP contribution in [-0.2, 0) is 17.9 Å². The van der Waals surface area contributed by atoms with Gasteiger partial charge in [0.1, 0.15) is 6.54 Å². The van der Waals surface area contributed by atoms with Gasteiger partial charge in [0.25, 0.3) is 5.91 Å². The molecule has 0 aliphatic heterocycles. The van der Waals surface area contributed by atoms with Gasteiger partial charge >= 0.3 is 0 Å². The quantitative estimate of drug-likeness (QED) is 0.502. The average molecular weight is 413 g/mol. The van der Waals surface area contributed by atoms with E-state index in [1.807, 2.05) is 77.2 Å². The SMILES string of the molecule is CCCN(CC(=O)N(Cc1ccccc1)Cc1cccs1)C(=O)c1cccs1. The van der Waals surface area contributed by atoms with Crippen molar-refractivity contribution in [2.75, 3.05) is 13.1 Å². The lowest BCUT2D eigenvalue weighted by Crippen LogP contribution is -2.42. The van der Waals surface area contributed by atoms with E-state index in [9.17, 15) is 9.59 Å². The number of carbonyl (C=O) groups excluding carboxylic acids is 2. The van der Waals surface area contributed by atoms with Crippen molar-refractivity contribution in [3.8, 4) is 0 Å². The molecule has 0 bridgehead atoms. The summed E-state index contributed by atoms with van der Waals surface area (Å²) in [4.78, 5) is 31.3. The first-order chi connectivity index (χ1) is 13.7. The molecule has 2 amide bonds. The van der Waals surface area contributed by atoms with Gasteiger partial charge < -0.3 is 9.80 Å².